The molecule has 2 atom stereocenters. The normalized spacial score (nSPS) is 32.5. The Balaban J connectivity index is 1.84. The van der Waals surface area contributed by atoms with Gasteiger partial charge in [0.1, 0.15) is 0 Å². The van der Waals surface area contributed by atoms with Crippen molar-refractivity contribution < 1.29 is 0 Å². The zero-order chi connectivity index (χ0) is 13.7. The monoisotopic (exact) mass is 263 g/mol. The lowest BCUT2D eigenvalue weighted by atomic mass is 9.80. The first-order chi connectivity index (χ1) is 9.13. The fourth-order valence-corrected chi connectivity index (χ4v) is 3.42. The van der Waals surface area contributed by atoms with Crippen LogP contribution in [0.25, 0.3) is 0 Å². The van der Waals surface area contributed by atoms with Crippen molar-refractivity contribution in [3.63, 3.8) is 0 Å². The third-order valence-electron chi connectivity index (χ3n) is 5.17. The fraction of sp³-hybridized carbons (Fsp3) is 0.938. The predicted molar refractivity (Wildman–Crippen MR) is 78.8 cm³/mol. The predicted octanol–water partition coefficient (Wildman–Crippen LogP) is 2.78. The molecule has 3 nitrogen and oxygen atoms in total. The first-order valence-electron chi connectivity index (χ1n) is 7.94. The molecule has 1 aliphatic carbocycles. The van der Waals surface area contributed by atoms with Gasteiger partial charge >= 0.3 is 0 Å². The largest absolute Gasteiger partial charge is 0.312 e. The lowest BCUT2D eigenvalue weighted by Crippen LogP contribution is -2.46. The van der Waals surface area contributed by atoms with Crippen LogP contribution >= 0.6 is 0 Å². The van der Waals surface area contributed by atoms with Crippen LogP contribution in [0.3, 0.4) is 0 Å². The highest BCUT2D eigenvalue weighted by molar-refractivity contribution is 4.95. The van der Waals surface area contributed by atoms with Crippen molar-refractivity contribution in [1.29, 1.82) is 5.26 Å². The summed E-state index contributed by atoms with van der Waals surface area (Å²) >= 11 is 0. The van der Waals surface area contributed by atoms with Crippen molar-refractivity contribution in [2.24, 2.45) is 11.3 Å². The van der Waals surface area contributed by atoms with E-state index in [0.717, 1.165) is 13.0 Å². The molecule has 1 saturated carbocycles. The Bertz CT molecular complexity index is 312. The molecule has 108 valence electrons. The van der Waals surface area contributed by atoms with E-state index in [1.165, 1.54) is 51.6 Å². The Morgan fingerprint density at radius 1 is 1.21 bits per heavy atom. The number of nitriles is 1. The summed E-state index contributed by atoms with van der Waals surface area (Å²) < 4.78 is 0. The number of nitrogens with zero attached hydrogens (tertiary/aromatic N) is 2. The first-order valence-corrected chi connectivity index (χ1v) is 7.94. The number of hydrogen-bond acceptors (Lipinski definition) is 3. The highest BCUT2D eigenvalue weighted by Gasteiger charge is 2.31. The standard InChI is InChI=1S/C16H29N3/c1-16(8-10-19(2)11-9-16)13-18-15-7-5-3-4-6-14(15)12-17/h14-15,18H,3-11,13H2,1-2H3. The number of piperidine rings is 1. The van der Waals surface area contributed by atoms with Crippen molar-refractivity contribution in [3.8, 4) is 6.07 Å². The van der Waals surface area contributed by atoms with Gasteiger partial charge in [-0.15, -0.1) is 0 Å². The minimum Gasteiger partial charge on any atom is -0.312 e. The molecule has 2 fully saturated rings. The molecule has 1 saturated heterocycles. The van der Waals surface area contributed by atoms with Crippen LogP contribution in [0.4, 0.5) is 0 Å². The van der Waals surface area contributed by atoms with Crippen molar-refractivity contribution in [3.05, 3.63) is 0 Å². The van der Waals surface area contributed by atoms with Gasteiger partial charge in [0.15, 0.2) is 0 Å². The van der Waals surface area contributed by atoms with E-state index >= 15 is 0 Å². The molecule has 0 spiro atoms. The minimum atomic E-state index is 0.234. The van der Waals surface area contributed by atoms with Gasteiger partial charge in [-0.2, -0.15) is 5.26 Å². The van der Waals surface area contributed by atoms with Crippen LogP contribution in [0.5, 0.6) is 0 Å². The van der Waals surface area contributed by atoms with Gasteiger partial charge in [0, 0.05) is 12.6 Å². The molecule has 1 N–H and O–H groups in total. The van der Waals surface area contributed by atoms with Crippen LogP contribution in [0.15, 0.2) is 0 Å². The maximum atomic E-state index is 9.33. The van der Waals surface area contributed by atoms with Gasteiger partial charge in [0.2, 0.25) is 0 Å². The van der Waals surface area contributed by atoms with E-state index in [4.69, 9.17) is 0 Å². The molecule has 0 radical (unpaired) electrons. The van der Waals surface area contributed by atoms with E-state index in [1.54, 1.807) is 0 Å². The molecule has 0 bridgehead atoms. The maximum absolute atomic E-state index is 9.33. The summed E-state index contributed by atoms with van der Waals surface area (Å²) in [5.74, 6) is 0.234. The van der Waals surface area contributed by atoms with Crippen LogP contribution < -0.4 is 5.32 Å². The second kappa shape index (κ2) is 6.72. The van der Waals surface area contributed by atoms with Crippen LogP contribution in [-0.4, -0.2) is 37.6 Å². The summed E-state index contributed by atoms with van der Waals surface area (Å²) in [6.07, 6.45) is 8.66. The molecular weight excluding hydrogens is 234 g/mol. The Hall–Kier alpha value is -0.590. The molecule has 2 aliphatic rings. The summed E-state index contributed by atoms with van der Waals surface area (Å²) in [6.45, 7) is 5.92. The molecule has 3 heteroatoms. The second-order valence-corrected chi connectivity index (χ2v) is 6.97. The molecule has 1 aliphatic heterocycles. The fourth-order valence-electron chi connectivity index (χ4n) is 3.42. The first kappa shape index (κ1) is 14.8. The average Bonchev–Trinajstić information content (AvgIpc) is 2.65. The number of rotatable bonds is 3. The lowest BCUT2D eigenvalue weighted by Gasteiger charge is -2.39. The minimum absolute atomic E-state index is 0.234. The van der Waals surface area contributed by atoms with Crippen LogP contribution in [0.1, 0.15) is 51.9 Å². The molecule has 2 unspecified atom stereocenters. The number of hydrogen-bond donors (Lipinski definition) is 1. The van der Waals surface area contributed by atoms with E-state index < -0.39 is 0 Å². The van der Waals surface area contributed by atoms with Gasteiger partial charge < -0.3 is 10.2 Å². The van der Waals surface area contributed by atoms with Gasteiger partial charge in [-0.1, -0.05) is 26.2 Å². The third-order valence-corrected chi connectivity index (χ3v) is 5.17. The molecule has 0 aromatic heterocycles. The summed E-state index contributed by atoms with van der Waals surface area (Å²) in [5, 5.41) is 13.1. The zero-order valence-electron chi connectivity index (χ0n) is 12.6. The summed E-state index contributed by atoms with van der Waals surface area (Å²) in [5.41, 5.74) is 0.429. The van der Waals surface area contributed by atoms with E-state index in [0.29, 0.717) is 11.5 Å². The van der Waals surface area contributed by atoms with Crippen molar-refractivity contribution >= 4 is 0 Å². The van der Waals surface area contributed by atoms with Crippen molar-refractivity contribution in [2.75, 3.05) is 26.7 Å². The van der Waals surface area contributed by atoms with Crippen LogP contribution in [0, 0.1) is 22.7 Å². The molecular formula is C16H29N3. The van der Waals surface area contributed by atoms with E-state index in [-0.39, 0.29) is 5.92 Å². The lowest BCUT2D eigenvalue weighted by molar-refractivity contribution is 0.130. The Labute approximate surface area is 118 Å². The van der Waals surface area contributed by atoms with E-state index in [9.17, 15) is 5.26 Å². The summed E-state index contributed by atoms with van der Waals surface area (Å²) in [6, 6.07) is 2.96. The Kier molecular flexibility index (Phi) is 5.24. The highest BCUT2D eigenvalue weighted by atomic mass is 15.1. The number of nitrogens with one attached hydrogen (secondary N) is 1. The molecule has 0 amide bonds. The number of likely N-dealkylation sites (tertiary alicyclic amines) is 1. The van der Waals surface area contributed by atoms with Crippen molar-refractivity contribution in [1.82, 2.24) is 10.2 Å². The topological polar surface area (TPSA) is 39.1 Å². The van der Waals surface area contributed by atoms with Gasteiger partial charge in [0.05, 0.1) is 12.0 Å². The quantitative estimate of drug-likeness (QED) is 0.796. The van der Waals surface area contributed by atoms with Gasteiger partial charge in [-0.25, -0.2) is 0 Å². The maximum Gasteiger partial charge on any atom is 0.0672 e. The molecule has 1 heterocycles. The average molecular weight is 263 g/mol. The highest BCUT2D eigenvalue weighted by Crippen LogP contribution is 2.31. The third kappa shape index (κ3) is 4.19. The molecule has 0 aromatic carbocycles. The Morgan fingerprint density at radius 2 is 1.89 bits per heavy atom. The summed E-state index contributed by atoms with van der Waals surface area (Å²) in [7, 11) is 2.21. The van der Waals surface area contributed by atoms with Gasteiger partial charge in [-0.05, 0) is 51.2 Å². The molecule has 19 heavy (non-hydrogen) atoms. The molecule has 2 rings (SSSR count). The van der Waals surface area contributed by atoms with E-state index in [2.05, 4.69) is 30.3 Å². The summed E-state index contributed by atoms with van der Waals surface area (Å²) in [4.78, 5) is 2.42. The van der Waals surface area contributed by atoms with Crippen LogP contribution in [0.2, 0.25) is 0 Å². The van der Waals surface area contributed by atoms with Gasteiger partial charge in [0.25, 0.3) is 0 Å². The van der Waals surface area contributed by atoms with Gasteiger partial charge in [-0.3, -0.25) is 0 Å². The smallest absolute Gasteiger partial charge is 0.0672 e. The van der Waals surface area contributed by atoms with Crippen LogP contribution in [-0.2, 0) is 0 Å². The second-order valence-electron chi connectivity index (χ2n) is 6.97. The van der Waals surface area contributed by atoms with E-state index in [1.807, 2.05) is 0 Å². The SMILES string of the molecule is CN1CCC(C)(CNC2CCCCCC2C#N)CC1. The van der Waals surface area contributed by atoms with Crippen molar-refractivity contribution in [2.45, 2.75) is 57.9 Å². The Morgan fingerprint density at radius 3 is 2.58 bits per heavy atom. The molecule has 0 aromatic rings. The zero-order valence-corrected chi connectivity index (χ0v) is 12.6.